The number of piperidine rings is 1. The van der Waals surface area contributed by atoms with Crippen molar-refractivity contribution in [3.05, 3.63) is 75.4 Å². The molecule has 4 aromatic rings. The van der Waals surface area contributed by atoms with Crippen LogP contribution in [-0.4, -0.2) is 43.6 Å². The third-order valence-electron chi connectivity index (χ3n) is 6.05. The number of fused-ring (bicyclic) bond motifs is 1. The first kappa shape index (κ1) is 19.7. The fourth-order valence-electron chi connectivity index (χ4n) is 4.30. The Morgan fingerprint density at radius 1 is 1.19 bits per heavy atom. The molecule has 0 saturated carbocycles. The molecule has 0 bridgehead atoms. The fraction of sp³-hybridized carbons (Fsp3) is 0.304. The fourth-order valence-corrected chi connectivity index (χ4v) is 5.01. The summed E-state index contributed by atoms with van der Waals surface area (Å²) >= 11 is 1.55. The van der Waals surface area contributed by atoms with Gasteiger partial charge in [0.25, 0.3) is 5.91 Å². The zero-order chi connectivity index (χ0) is 21.4. The first-order valence-electron chi connectivity index (χ1n) is 10.4. The molecule has 0 unspecified atom stereocenters. The van der Waals surface area contributed by atoms with Gasteiger partial charge < -0.3 is 4.90 Å². The van der Waals surface area contributed by atoms with Crippen LogP contribution in [0.2, 0.25) is 0 Å². The predicted molar refractivity (Wildman–Crippen MR) is 121 cm³/mol. The summed E-state index contributed by atoms with van der Waals surface area (Å²) in [5.74, 6) is 1.20. The number of nitrogens with zero attached hydrogens (tertiary/aromatic N) is 4. The zero-order valence-corrected chi connectivity index (χ0v) is 18.1. The summed E-state index contributed by atoms with van der Waals surface area (Å²) in [5.41, 5.74) is 5.13. The number of carbonyl (C=O) groups is 1. The minimum absolute atomic E-state index is 0.0744. The number of hydrogen-bond donors (Lipinski definition) is 1. The average molecular weight is 434 g/mol. The Balaban J connectivity index is 1.27. The second kappa shape index (κ2) is 8.11. The number of carbonyl (C=O) groups excluding carboxylic acids is 1. The van der Waals surface area contributed by atoms with E-state index in [2.05, 4.69) is 15.2 Å². The van der Waals surface area contributed by atoms with Crippen molar-refractivity contribution in [2.75, 3.05) is 13.1 Å². The molecule has 1 fully saturated rings. The summed E-state index contributed by atoms with van der Waals surface area (Å²) < 4.78 is 2.71. The van der Waals surface area contributed by atoms with Crippen molar-refractivity contribution in [2.24, 2.45) is 5.92 Å². The molecule has 1 aliphatic rings. The molecule has 0 radical (unpaired) electrons. The van der Waals surface area contributed by atoms with Gasteiger partial charge in [-0.1, -0.05) is 18.2 Å². The molecule has 1 saturated heterocycles. The molecule has 5 rings (SSSR count). The van der Waals surface area contributed by atoms with Gasteiger partial charge in [0, 0.05) is 25.1 Å². The van der Waals surface area contributed by atoms with Crippen LogP contribution < -0.4 is 5.69 Å². The lowest BCUT2D eigenvalue weighted by Gasteiger charge is -2.32. The van der Waals surface area contributed by atoms with E-state index in [1.807, 2.05) is 54.3 Å². The standard InChI is InChI=1S/C23H23N5O2S/c1-15-4-2-3-5-19(15)28-21(25-26-23(28)30)12-16-8-10-27(11-9-16)22(29)17-6-7-18-20(13-17)31-14-24-18/h2-7,13-14,16H,8-12H2,1H3,(H,26,30). The summed E-state index contributed by atoms with van der Waals surface area (Å²) in [6, 6.07) is 13.5. The Labute approximate surface area is 183 Å². The van der Waals surface area contributed by atoms with Gasteiger partial charge in [0.2, 0.25) is 0 Å². The Bertz CT molecular complexity index is 1300. The maximum absolute atomic E-state index is 13.0. The summed E-state index contributed by atoms with van der Waals surface area (Å²) in [4.78, 5) is 31.6. The number of nitrogens with one attached hydrogen (secondary N) is 1. The number of hydrogen-bond acceptors (Lipinski definition) is 5. The molecule has 0 aliphatic carbocycles. The zero-order valence-electron chi connectivity index (χ0n) is 17.2. The molecule has 31 heavy (non-hydrogen) atoms. The van der Waals surface area contributed by atoms with E-state index in [4.69, 9.17) is 0 Å². The Hall–Kier alpha value is -3.26. The van der Waals surface area contributed by atoms with E-state index in [0.717, 1.165) is 45.7 Å². The van der Waals surface area contributed by atoms with Crippen molar-refractivity contribution >= 4 is 27.5 Å². The number of para-hydroxylation sites is 1. The molecule has 2 aromatic heterocycles. The largest absolute Gasteiger partial charge is 0.347 e. The van der Waals surface area contributed by atoms with Crippen LogP contribution in [0.1, 0.15) is 34.6 Å². The molecule has 1 N–H and O–H groups in total. The average Bonchev–Trinajstić information content (AvgIpc) is 3.40. The number of amides is 1. The van der Waals surface area contributed by atoms with Gasteiger partial charge in [0.1, 0.15) is 5.82 Å². The molecule has 2 aromatic carbocycles. The number of thiazole rings is 1. The van der Waals surface area contributed by atoms with Crippen molar-refractivity contribution in [2.45, 2.75) is 26.2 Å². The van der Waals surface area contributed by atoms with Crippen LogP contribution in [0, 0.1) is 12.8 Å². The number of aryl methyl sites for hydroxylation is 1. The Morgan fingerprint density at radius 2 is 2.00 bits per heavy atom. The molecular formula is C23H23N5O2S. The molecule has 158 valence electrons. The highest BCUT2D eigenvalue weighted by Crippen LogP contribution is 2.25. The third-order valence-corrected chi connectivity index (χ3v) is 6.84. The molecule has 1 aliphatic heterocycles. The van der Waals surface area contributed by atoms with Gasteiger partial charge in [-0.05, 0) is 55.5 Å². The van der Waals surface area contributed by atoms with Crippen molar-refractivity contribution in [3.63, 3.8) is 0 Å². The number of H-pyrrole nitrogens is 1. The maximum atomic E-state index is 13.0. The van der Waals surface area contributed by atoms with Gasteiger partial charge >= 0.3 is 5.69 Å². The van der Waals surface area contributed by atoms with Gasteiger partial charge in [-0.25, -0.2) is 19.4 Å². The third kappa shape index (κ3) is 3.79. The lowest BCUT2D eigenvalue weighted by atomic mass is 9.92. The van der Waals surface area contributed by atoms with Crippen LogP contribution in [0.4, 0.5) is 0 Å². The van der Waals surface area contributed by atoms with E-state index in [0.29, 0.717) is 25.4 Å². The van der Waals surface area contributed by atoms with Gasteiger partial charge in [-0.3, -0.25) is 4.79 Å². The van der Waals surface area contributed by atoms with Crippen molar-refractivity contribution in [1.82, 2.24) is 24.6 Å². The van der Waals surface area contributed by atoms with Crippen LogP contribution in [0.5, 0.6) is 0 Å². The quantitative estimate of drug-likeness (QED) is 0.533. The SMILES string of the molecule is Cc1ccccc1-n1c(CC2CCN(C(=O)c3ccc4ncsc4c3)CC2)n[nH]c1=O. The normalized spacial score (nSPS) is 14.9. The second-order valence-electron chi connectivity index (χ2n) is 8.04. The van der Waals surface area contributed by atoms with Crippen LogP contribution in [-0.2, 0) is 6.42 Å². The summed E-state index contributed by atoms with van der Waals surface area (Å²) in [6.07, 6.45) is 2.49. The highest BCUT2D eigenvalue weighted by molar-refractivity contribution is 7.16. The number of benzene rings is 2. The van der Waals surface area contributed by atoms with Crippen molar-refractivity contribution in [1.29, 1.82) is 0 Å². The Morgan fingerprint density at radius 3 is 2.81 bits per heavy atom. The van der Waals surface area contributed by atoms with Crippen LogP contribution in [0.3, 0.4) is 0 Å². The minimum Gasteiger partial charge on any atom is -0.339 e. The molecule has 0 spiro atoms. The summed E-state index contributed by atoms with van der Waals surface area (Å²) in [7, 11) is 0. The molecule has 7 nitrogen and oxygen atoms in total. The highest BCUT2D eigenvalue weighted by Gasteiger charge is 2.26. The summed E-state index contributed by atoms with van der Waals surface area (Å²) in [6.45, 7) is 3.42. The van der Waals surface area contributed by atoms with E-state index in [1.54, 1.807) is 21.4 Å². The second-order valence-corrected chi connectivity index (χ2v) is 8.93. The van der Waals surface area contributed by atoms with E-state index in [1.165, 1.54) is 0 Å². The molecule has 8 heteroatoms. The minimum atomic E-state index is -0.213. The van der Waals surface area contributed by atoms with Gasteiger partial charge in [0.05, 0.1) is 21.4 Å². The number of rotatable bonds is 4. The van der Waals surface area contributed by atoms with Crippen LogP contribution >= 0.6 is 11.3 Å². The lowest BCUT2D eigenvalue weighted by molar-refractivity contribution is 0.0690. The first-order valence-corrected chi connectivity index (χ1v) is 11.3. The van der Waals surface area contributed by atoms with E-state index < -0.39 is 0 Å². The number of aromatic amines is 1. The van der Waals surface area contributed by atoms with Crippen molar-refractivity contribution < 1.29 is 4.79 Å². The van der Waals surface area contributed by atoms with Crippen molar-refractivity contribution in [3.8, 4) is 5.69 Å². The maximum Gasteiger partial charge on any atom is 0.347 e. The number of aromatic nitrogens is 4. The monoisotopic (exact) mass is 433 g/mol. The predicted octanol–water partition coefficient (Wildman–Crippen LogP) is 3.57. The molecular weight excluding hydrogens is 410 g/mol. The van der Waals surface area contributed by atoms with Gasteiger partial charge in [-0.2, -0.15) is 5.10 Å². The summed E-state index contributed by atoms with van der Waals surface area (Å²) in [5, 5.41) is 6.90. The molecule has 0 atom stereocenters. The molecule has 1 amide bonds. The molecule has 3 heterocycles. The van der Waals surface area contributed by atoms with E-state index >= 15 is 0 Å². The smallest absolute Gasteiger partial charge is 0.339 e. The topological polar surface area (TPSA) is 83.9 Å². The highest BCUT2D eigenvalue weighted by atomic mass is 32.1. The van der Waals surface area contributed by atoms with Crippen LogP contribution in [0.25, 0.3) is 15.9 Å². The van der Waals surface area contributed by atoms with E-state index in [9.17, 15) is 9.59 Å². The first-order chi connectivity index (χ1) is 15.1. The van der Waals surface area contributed by atoms with Gasteiger partial charge in [0.15, 0.2) is 0 Å². The Kier molecular flexibility index (Phi) is 5.15. The number of likely N-dealkylation sites (tertiary alicyclic amines) is 1. The lowest BCUT2D eigenvalue weighted by Crippen LogP contribution is -2.39. The van der Waals surface area contributed by atoms with Crippen LogP contribution in [0.15, 0.2) is 52.8 Å². The van der Waals surface area contributed by atoms with E-state index in [-0.39, 0.29) is 11.6 Å². The van der Waals surface area contributed by atoms with Gasteiger partial charge in [-0.15, -0.1) is 11.3 Å².